The molecule has 0 spiro atoms. The van der Waals surface area contributed by atoms with Gasteiger partial charge >= 0.3 is 0 Å². The molecular formula is C14H19Cl2NO2. The standard InChI is InChI=1S/C14H19Cl2NO2/c1-17-13(10-3-4-11(15)12(16)9-10)14(18-2)5-7-19-8-6-14/h3-4,9,13,17H,5-8H2,1-2H3. The molecule has 1 atom stereocenters. The number of methoxy groups -OCH3 is 1. The minimum absolute atomic E-state index is 0.0659. The summed E-state index contributed by atoms with van der Waals surface area (Å²) < 4.78 is 11.3. The fourth-order valence-corrected chi connectivity index (χ4v) is 3.06. The van der Waals surface area contributed by atoms with Crippen LogP contribution in [0.2, 0.25) is 10.0 Å². The number of ether oxygens (including phenoxy) is 2. The molecule has 5 heteroatoms. The van der Waals surface area contributed by atoms with E-state index in [1.54, 1.807) is 7.11 Å². The summed E-state index contributed by atoms with van der Waals surface area (Å²) in [5.41, 5.74) is 0.824. The third-order valence-electron chi connectivity index (χ3n) is 3.84. The molecule has 1 aromatic rings. The topological polar surface area (TPSA) is 30.5 Å². The monoisotopic (exact) mass is 303 g/mol. The first-order chi connectivity index (χ1) is 9.13. The van der Waals surface area contributed by atoms with Crippen molar-refractivity contribution in [3.63, 3.8) is 0 Å². The number of hydrogen-bond acceptors (Lipinski definition) is 3. The highest BCUT2D eigenvalue weighted by atomic mass is 35.5. The summed E-state index contributed by atoms with van der Waals surface area (Å²) in [5.74, 6) is 0. The fraction of sp³-hybridized carbons (Fsp3) is 0.571. The Balaban J connectivity index is 2.33. The lowest BCUT2D eigenvalue weighted by Gasteiger charge is -2.42. The van der Waals surface area contributed by atoms with E-state index in [1.807, 2.05) is 25.2 Å². The van der Waals surface area contributed by atoms with Crippen molar-refractivity contribution in [2.24, 2.45) is 0 Å². The van der Waals surface area contributed by atoms with E-state index >= 15 is 0 Å². The molecule has 3 nitrogen and oxygen atoms in total. The molecule has 1 unspecified atom stereocenters. The van der Waals surface area contributed by atoms with Crippen LogP contribution >= 0.6 is 23.2 Å². The molecule has 1 saturated heterocycles. The predicted molar refractivity (Wildman–Crippen MR) is 78.1 cm³/mol. The predicted octanol–water partition coefficient (Wildman–Crippen LogP) is 3.45. The summed E-state index contributed by atoms with van der Waals surface area (Å²) in [6.07, 6.45) is 1.71. The molecule has 1 aliphatic rings. The highest BCUT2D eigenvalue weighted by molar-refractivity contribution is 6.42. The van der Waals surface area contributed by atoms with Crippen molar-refractivity contribution < 1.29 is 9.47 Å². The van der Waals surface area contributed by atoms with E-state index in [4.69, 9.17) is 32.7 Å². The van der Waals surface area contributed by atoms with Crippen LogP contribution in [0.4, 0.5) is 0 Å². The molecule has 0 amide bonds. The van der Waals surface area contributed by atoms with Gasteiger partial charge in [0.05, 0.1) is 21.7 Å². The van der Waals surface area contributed by atoms with Gasteiger partial charge in [0.1, 0.15) is 0 Å². The van der Waals surface area contributed by atoms with Crippen LogP contribution < -0.4 is 5.32 Å². The summed E-state index contributed by atoms with van der Waals surface area (Å²) in [4.78, 5) is 0. The Labute approximate surface area is 124 Å². The average Bonchev–Trinajstić information content (AvgIpc) is 2.44. The average molecular weight is 304 g/mol. The van der Waals surface area contributed by atoms with E-state index in [2.05, 4.69) is 5.32 Å². The first-order valence-corrected chi connectivity index (χ1v) is 7.13. The van der Waals surface area contributed by atoms with Crippen molar-refractivity contribution >= 4 is 23.2 Å². The zero-order valence-electron chi connectivity index (χ0n) is 11.2. The second kappa shape index (κ2) is 6.42. The molecule has 0 aliphatic carbocycles. The molecule has 1 heterocycles. The third-order valence-corrected chi connectivity index (χ3v) is 4.58. The Morgan fingerprint density at radius 2 is 1.95 bits per heavy atom. The Kier molecular flexibility index (Phi) is 5.09. The van der Waals surface area contributed by atoms with Crippen molar-refractivity contribution in [2.45, 2.75) is 24.5 Å². The van der Waals surface area contributed by atoms with Gasteiger partial charge in [-0.05, 0) is 24.7 Å². The quantitative estimate of drug-likeness (QED) is 0.924. The Hall–Kier alpha value is -0.320. The molecular weight excluding hydrogens is 285 g/mol. The van der Waals surface area contributed by atoms with Crippen molar-refractivity contribution in [3.05, 3.63) is 33.8 Å². The lowest BCUT2D eigenvalue weighted by Crippen LogP contribution is -2.48. The van der Waals surface area contributed by atoms with Crippen LogP contribution in [0.5, 0.6) is 0 Å². The van der Waals surface area contributed by atoms with Crippen LogP contribution in [0.1, 0.15) is 24.4 Å². The molecule has 0 aromatic heterocycles. The number of nitrogens with one attached hydrogen (secondary N) is 1. The molecule has 1 aliphatic heterocycles. The van der Waals surface area contributed by atoms with Gasteiger partial charge in [0.2, 0.25) is 0 Å². The van der Waals surface area contributed by atoms with Crippen LogP contribution in [-0.4, -0.2) is 33.0 Å². The summed E-state index contributed by atoms with van der Waals surface area (Å²) in [5, 5.41) is 4.48. The van der Waals surface area contributed by atoms with E-state index in [-0.39, 0.29) is 11.6 Å². The van der Waals surface area contributed by atoms with E-state index in [0.29, 0.717) is 23.3 Å². The van der Waals surface area contributed by atoms with E-state index < -0.39 is 0 Å². The van der Waals surface area contributed by atoms with Gasteiger partial charge in [-0.3, -0.25) is 0 Å². The normalized spacial score (nSPS) is 20.2. The largest absolute Gasteiger partial charge is 0.381 e. The summed E-state index contributed by atoms with van der Waals surface area (Å²) in [6, 6.07) is 5.79. The number of likely N-dealkylation sites (N-methyl/N-ethyl adjacent to an activating group) is 1. The van der Waals surface area contributed by atoms with Crippen molar-refractivity contribution in [1.82, 2.24) is 5.32 Å². The molecule has 2 rings (SSSR count). The molecule has 1 fully saturated rings. The van der Waals surface area contributed by atoms with Gasteiger partial charge in [-0.15, -0.1) is 0 Å². The lowest BCUT2D eigenvalue weighted by molar-refractivity contribution is -0.110. The van der Waals surface area contributed by atoms with E-state index in [0.717, 1.165) is 18.4 Å². The van der Waals surface area contributed by atoms with Gasteiger partial charge in [0.15, 0.2) is 0 Å². The zero-order valence-corrected chi connectivity index (χ0v) is 12.7. The lowest BCUT2D eigenvalue weighted by atomic mass is 9.82. The molecule has 1 N–H and O–H groups in total. The maximum absolute atomic E-state index is 6.12. The first-order valence-electron chi connectivity index (χ1n) is 6.38. The SMILES string of the molecule is CNC(c1ccc(Cl)c(Cl)c1)C1(OC)CCOCC1. The molecule has 0 radical (unpaired) electrons. The zero-order chi connectivity index (χ0) is 13.9. The molecule has 19 heavy (non-hydrogen) atoms. The first kappa shape index (κ1) is 15.1. The van der Waals surface area contributed by atoms with Crippen molar-refractivity contribution in [1.29, 1.82) is 0 Å². The maximum Gasteiger partial charge on any atom is 0.0916 e. The molecule has 106 valence electrons. The number of benzene rings is 1. The second-order valence-corrected chi connectivity index (χ2v) is 5.59. The fourth-order valence-electron chi connectivity index (χ4n) is 2.75. The second-order valence-electron chi connectivity index (χ2n) is 4.78. The number of rotatable bonds is 4. The van der Waals surface area contributed by atoms with Crippen LogP contribution in [-0.2, 0) is 9.47 Å². The third kappa shape index (κ3) is 3.06. The van der Waals surface area contributed by atoms with Gasteiger partial charge in [-0.25, -0.2) is 0 Å². The number of hydrogen-bond donors (Lipinski definition) is 1. The minimum atomic E-state index is -0.260. The summed E-state index contributed by atoms with van der Waals surface area (Å²) >= 11 is 12.1. The van der Waals surface area contributed by atoms with E-state index in [1.165, 1.54) is 0 Å². The van der Waals surface area contributed by atoms with E-state index in [9.17, 15) is 0 Å². The Morgan fingerprint density at radius 1 is 1.26 bits per heavy atom. The highest BCUT2D eigenvalue weighted by Gasteiger charge is 2.40. The van der Waals surface area contributed by atoms with Crippen molar-refractivity contribution in [3.8, 4) is 0 Å². The minimum Gasteiger partial charge on any atom is -0.381 e. The summed E-state index contributed by atoms with van der Waals surface area (Å²) in [7, 11) is 3.69. The van der Waals surface area contributed by atoms with Crippen molar-refractivity contribution in [2.75, 3.05) is 27.4 Å². The van der Waals surface area contributed by atoms with Gasteiger partial charge in [-0.2, -0.15) is 0 Å². The smallest absolute Gasteiger partial charge is 0.0916 e. The van der Waals surface area contributed by atoms with Crippen LogP contribution in [0.3, 0.4) is 0 Å². The Morgan fingerprint density at radius 3 is 2.47 bits per heavy atom. The van der Waals surface area contributed by atoms with Gasteiger partial charge in [0.25, 0.3) is 0 Å². The van der Waals surface area contributed by atoms with Gasteiger partial charge < -0.3 is 14.8 Å². The van der Waals surface area contributed by atoms with Crippen LogP contribution in [0, 0.1) is 0 Å². The van der Waals surface area contributed by atoms with Gasteiger partial charge in [-0.1, -0.05) is 29.3 Å². The maximum atomic E-state index is 6.12. The number of halogens is 2. The van der Waals surface area contributed by atoms with Crippen LogP contribution in [0.25, 0.3) is 0 Å². The highest BCUT2D eigenvalue weighted by Crippen LogP contribution is 2.38. The molecule has 0 bridgehead atoms. The summed E-state index contributed by atoms with van der Waals surface area (Å²) in [6.45, 7) is 1.43. The molecule has 0 saturated carbocycles. The van der Waals surface area contributed by atoms with Gasteiger partial charge in [0, 0.05) is 33.2 Å². The van der Waals surface area contributed by atoms with Crippen LogP contribution in [0.15, 0.2) is 18.2 Å². The molecule has 1 aromatic carbocycles. The Bertz CT molecular complexity index is 433.